The van der Waals surface area contributed by atoms with Crippen LogP contribution in [0.1, 0.15) is 350 Å². The normalized spacial score (nSPS) is 14.5. The molecular formula is C73H138O17P2. The molecule has 0 aliphatic carbocycles. The second-order valence-electron chi connectivity index (χ2n) is 26.4. The standard InChI is InChI=1S/C73H138O17P2/c1-7-10-12-14-16-18-20-22-24-26-28-32-36-43-49-55-70(75)83-61-68(89-72(77)57-51-45-37-33-29-27-25-23-21-19-17-15-13-11-8-2)63-87-91(79,80)85-59-67(74)60-86-92(81,82)88-64-69(62-84-71(76)56-50-44-40-39-42-48-54-66(6)9-3)90-73(78)58-52-46-38-34-30-31-35-41-47-53-65(4)5/h19,21,23,25,65-69,74H,7-18,20,22,24,26-64H2,1-6H3,(H,79,80)(H,81,82)/b21-19-,25-23-/t66?,67-,68-,69-/m1/s1. The van der Waals surface area contributed by atoms with Gasteiger partial charge in [0, 0.05) is 25.7 Å². The molecule has 0 bridgehead atoms. The van der Waals surface area contributed by atoms with Crippen LogP contribution in [0.5, 0.6) is 0 Å². The van der Waals surface area contributed by atoms with Crippen molar-refractivity contribution < 1.29 is 80.2 Å². The fourth-order valence-corrected chi connectivity index (χ4v) is 12.1. The zero-order valence-corrected chi connectivity index (χ0v) is 61.1. The summed E-state index contributed by atoms with van der Waals surface area (Å²) in [6.07, 6.45) is 53.5. The van der Waals surface area contributed by atoms with Gasteiger partial charge < -0.3 is 33.8 Å². The monoisotopic (exact) mass is 1350 g/mol. The first kappa shape index (κ1) is 89.5. The molecule has 0 aromatic rings. The molecule has 0 saturated carbocycles. The Morgan fingerprint density at radius 2 is 0.641 bits per heavy atom. The van der Waals surface area contributed by atoms with Crippen molar-refractivity contribution in [2.75, 3.05) is 39.6 Å². The summed E-state index contributed by atoms with van der Waals surface area (Å²) in [5.41, 5.74) is 0. The highest BCUT2D eigenvalue weighted by atomic mass is 31.2. The van der Waals surface area contributed by atoms with E-state index in [1.165, 1.54) is 148 Å². The number of esters is 4. The molecule has 17 nitrogen and oxygen atoms in total. The fraction of sp³-hybridized carbons (Fsp3) is 0.890. The molecule has 0 heterocycles. The first-order chi connectivity index (χ1) is 44.4. The number of aliphatic hydroxyl groups excluding tert-OH is 1. The van der Waals surface area contributed by atoms with Gasteiger partial charge >= 0.3 is 39.5 Å². The Hall–Kier alpha value is -2.46. The second kappa shape index (κ2) is 64.5. The molecule has 6 atom stereocenters. The van der Waals surface area contributed by atoms with Gasteiger partial charge in [0.2, 0.25) is 0 Å². The minimum Gasteiger partial charge on any atom is -0.462 e. The van der Waals surface area contributed by atoms with Gasteiger partial charge in [-0.2, -0.15) is 0 Å². The number of aliphatic hydroxyl groups is 1. The van der Waals surface area contributed by atoms with Crippen LogP contribution in [0.2, 0.25) is 0 Å². The number of hydrogen-bond acceptors (Lipinski definition) is 15. The molecule has 542 valence electrons. The highest BCUT2D eigenvalue weighted by Gasteiger charge is 2.30. The average Bonchev–Trinajstić information content (AvgIpc) is 3.41. The minimum absolute atomic E-state index is 0.0852. The summed E-state index contributed by atoms with van der Waals surface area (Å²) in [6.45, 7) is 9.44. The molecule has 0 radical (unpaired) electrons. The van der Waals surface area contributed by atoms with Crippen molar-refractivity contribution >= 4 is 39.5 Å². The third kappa shape index (κ3) is 64.9. The second-order valence-corrected chi connectivity index (χ2v) is 29.3. The highest BCUT2D eigenvalue weighted by molar-refractivity contribution is 7.47. The third-order valence-electron chi connectivity index (χ3n) is 16.7. The number of ether oxygens (including phenoxy) is 4. The molecule has 0 rings (SSSR count). The number of unbranched alkanes of at least 4 members (excludes halogenated alkanes) is 36. The Kier molecular flexibility index (Phi) is 62.8. The molecule has 0 aliphatic rings. The first-order valence-corrected chi connectivity index (χ1v) is 40.3. The SMILES string of the molecule is CCCCCC/C=C\C=C/CCCCCCCC(=O)O[C@H](COC(=O)CCCCCCCCCCCCCCCCC)COP(=O)(O)OC[C@@H](O)COP(=O)(O)OC[C@@H](COC(=O)CCCCCCCCC(C)CC)OC(=O)CCCCCCCCCCCC(C)C. The van der Waals surface area contributed by atoms with Crippen molar-refractivity contribution in [3.05, 3.63) is 24.3 Å². The maximum absolute atomic E-state index is 13.0. The van der Waals surface area contributed by atoms with E-state index in [0.29, 0.717) is 25.7 Å². The molecule has 0 aromatic carbocycles. The van der Waals surface area contributed by atoms with Crippen LogP contribution in [0.3, 0.4) is 0 Å². The highest BCUT2D eigenvalue weighted by Crippen LogP contribution is 2.45. The van der Waals surface area contributed by atoms with Crippen LogP contribution >= 0.6 is 15.6 Å². The van der Waals surface area contributed by atoms with Crippen LogP contribution in [-0.4, -0.2) is 96.7 Å². The van der Waals surface area contributed by atoms with Gasteiger partial charge in [-0.25, -0.2) is 9.13 Å². The lowest BCUT2D eigenvalue weighted by Crippen LogP contribution is -2.30. The van der Waals surface area contributed by atoms with Gasteiger partial charge in [0.1, 0.15) is 19.3 Å². The van der Waals surface area contributed by atoms with E-state index in [-0.39, 0.29) is 25.7 Å². The number of rotatable bonds is 70. The van der Waals surface area contributed by atoms with Crippen molar-refractivity contribution in [1.82, 2.24) is 0 Å². The Morgan fingerprint density at radius 3 is 0.978 bits per heavy atom. The van der Waals surface area contributed by atoms with Gasteiger partial charge in [0.05, 0.1) is 26.4 Å². The van der Waals surface area contributed by atoms with Gasteiger partial charge in [0.25, 0.3) is 0 Å². The fourth-order valence-electron chi connectivity index (χ4n) is 10.5. The number of hydrogen-bond donors (Lipinski definition) is 3. The summed E-state index contributed by atoms with van der Waals surface area (Å²) in [5, 5.41) is 10.6. The summed E-state index contributed by atoms with van der Waals surface area (Å²) in [4.78, 5) is 72.6. The van der Waals surface area contributed by atoms with Crippen molar-refractivity contribution in [2.45, 2.75) is 368 Å². The third-order valence-corrected chi connectivity index (χ3v) is 18.6. The lowest BCUT2D eigenvalue weighted by atomic mass is 10.00. The van der Waals surface area contributed by atoms with Crippen LogP contribution in [0, 0.1) is 11.8 Å². The predicted molar refractivity (Wildman–Crippen MR) is 372 cm³/mol. The van der Waals surface area contributed by atoms with Gasteiger partial charge in [0.15, 0.2) is 12.2 Å². The Morgan fingerprint density at radius 1 is 0.359 bits per heavy atom. The molecule has 0 fully saturated rings. The van der Waals surface area contributed by atoms with E-state index >= 15 is 0 Å². The molecule has 0 spiro atoms. The number of carbonyl (C=O) groups is 4. The van der Waals surface area contributed by atoms with Gasteiger partial charge in [-0.1, -0.05) is 297 Å². The topological polar surface area (TPSA) is 237 Å². The largest absolute Gasteiger partial charge is 0.472 e. The number of phosphoric acid groups is 2. The molecule has 3 N–H and O–H groups in total. The Balaban J connectivity index is 5.29. The number of allylic oxidation sites excluding steroid dienone is 4. The zero-order chi connectivity index (χ0) is 67.9. The van der Waals surface area contributed by atoms with E-state index in [4.69, 9.17) is 37.0 Å². The quantitative estimate of drug-likeness (QED) is 0.0169. The summed E-state index contributed by atoms with van der Waals surface area (Å²) in [5.74, 6) is -0.688. The van der Waals surface area contributed by atoms with Crippen molar-refractivity contribution in [2.24, 2.45) is 11.8 Å². The Labute approximate surface area is 561 Å². The predicted octanol–water partition coefficient (Wildman–Crippen LogP) is 20.7. The van der Waals surface area contributed by atoms with Gasteiger partial charge in [-0.05, 0) is 63.2 Å². The molecule has 19 heteroatoms. The van der Waals surface area contributed by atoms with Gasteiger partial charge in [-0.15, -0.1) is 0 Å². The van der Waals surface area contributed by atoms with Crippen LogP contribution in [0.25, 0.3) is 0 Å². The van der Waals surface area contributed by atoms with E-state index in [9.17, 15) is 43.2 Å². The van der Waals surface area contributed by atoms with Crippen LogP contribution in [0.15, 0.2) is 24.3 Å². The zero-order valence-electron chi connectivity index (χ0n) is 59.3. The molecule has 0 saturated heterocycles. The minimum atomic E-state index is -4.96. The van der Waals surface area contributed by atoms with Crippen molar-refractivity contribution in [3.8, 4) is 0 Å². The summed E-state index contributed by atoms with van der Waals surface area (Å²) in [7, 11) is -9.92. The molecule has 92 heavy (non-hydrogen) atoms. The molecular weight excluding hydrogens is 1210 g/mol. The molecule has 0 aliphatic heterocycles. The van der Waals surface area contributed by atoms with E-state index in [1.807, 2.05) is 0 Å². The van der Waals surface area contributed by atoms with Gasteiger partial charge in [-0.3, -0.25) is 37.3 Å². The van der Waals surface area contributed by atoms with Crippen LogP contribution in [0.4, 0.5) is 0 Å². The van der Waals surface area contributed by atoms with Crippen molar-refractivity contribution in [1.29, 1.82) is 0 Å². The van der Waals surface area contributed by atoms with Crippen molar-refractivity contribution in [3.63, 3.8) is 0 Å². The first-order valence-electron chi connectivity index (χ1n) is 37.3. The molecule has 0 amide bonds. The van der Waals surface area contributed by atoms with E-state index in [1.54, 1.807) is 0 Å². The Bertz CT molecular complexity index is 1880. The summed E-state index contributed by atoms with van der Waals surface area (Å²) >= 11 is 0. The van der Waals surface area contributed by atoms with Crippen LogP contribution < -0.4 is 0 Å². The molecule has 0 aromatic heterocycles. The maximum Gasteiger partial charge on any atom is 0.472 e. The van der Waals surface area contributed by atoms with E-state index in [2.05, 4.69) is 65.8 Å². The number of carbonyl (C=O) groups excluding carboxylic acids is 4. The lowest BCUT2D eigenvalue weighted by Gasteiger charge is -2.21. The van der Waals surface area contributed by atoms with E-state index in [0.717, 1.165) is 121 Å². The average molecular weight is 1350 g/mol. The maximum atomic E-state index is 13.0. The summed E-state index contributed by atoms with van der Waals surface area (Å²) in [6, 6.07) is 0. The smallest absolute Gasteiger partial charge is 0.462 e. The summed E-state index contributed by atoms with van der Waals surface area (Å²) < 4.78 is 68.3. The number of phosphoric ester groups is 2. The van der Waals surface area contributed by atoms with E-state index < -0.39 is 97.5 Å². The molecule has 3 unspecified atom stereocenters. The lowest BCUT2D eigenvalue weighted by molar-refractivity contribution is -0.161. The van der Waals surface area contributed by atoms with Crippen LogP contribution in [-0.2, 0) is 65.4 Å².